The van der Waals surface area contributed by atoms with Gasteiger partial charge in [0.05, 0.1) is 16.7 Å². The lowest BCUT2D eigenvalue weighted by atomic mass is 10.1. The second-order valence-electron chi connectivity index (χ2n) is 6.14. The summed E-state index contributed by atoms with van der Waals surface area (Å²) in [5, 5.41) is 4.62. The second-order valence-corrected chi connectivity index (χ2v) is 8.79. The van der Waals surface area contributed by atoms with E-state index < -0.39 is 5.97 Å². The molecule has 0 atom stereocenters. The first-order valence-electron chi connectivity index (χ1n) is 8.09. The van der Waals surface area contributed by atoms with Crippen molar-refractivity contribution in [1.29, 1.82) is 0 Å². The summed E-state index contributed by atoms with van der Waals surface area (Å²) >= 11 is 9.08. The van der Waals surface area contributed by atoms with Crippen LogP contribution in [0.15, 0.2) is 24.3 Å². The molecule has 0 unspecified atom stereocenters. The van der Waals surface area contributed by atoms with E-state index in [1.807, 2.05) is 38.1 Å². The highest BCUT2D eigenvalue weighted by Crippen LogP contribution is 2.37. The molecule has 136 valence electrons. The average molecular weight is 408 g/mol. The molecule has 0 aliphatic rings. The number of thiophene rings is 2. The Morgan fingerprint density at radius 3 is 2.50 bits per heavy atom. The number of amides is 1. The summed E-state index contributed by atoms with van der Waals surface area (Å²) in [4.78, 5) is 26.6. The van der Waals surface area contributed by atoms with Gasteiger partial charge in [-0.1, -0.05) is 29.8 Å². The summed E-state index contributed by atoms with van der Waals surface area (Å²) in [6, 6.07) is 7.60. The maximum Gasteiger partial charge on any atom is 0.341 e. The van der Waals surface area contributed by atoms with Crippen LogP contribution in [0.2, 0.25) is 5.02 Å². The maximum atomic E-state index is 12.8. The Hall–Kier alpha value is -1.89. The molecule has 2 heterocycles. The summed E-state index contributed by atoms with van der Waals surface area (Å²) in [5.74, 6) is -0.754. The largest absolute Gasteiger partial charge is 0.459 e. The number of halogens is 1. The molecule has 26 heavy (non-hydrogen) atoms. The van der Waals surface area contributed by atoms with E-state index in [0.29, 0.717) is 20.5 Å². The van der Waals surface area contributed by atoms with Crippen molar-refractivity contribution in [3.8, 4) is 0 Å². The van der Waals surface area contributed by atoms with Gasteiger partial charge in [0, 0.05) is 15.0 Å². The molecule has 1 aromatic carbocycles. The van der Waals surface area contributed by atoms with Crippen LogP contribution >= 0.6 is 34.3 Å². The second kappa shape index (κ2) is 7.39. The molecular formula is C19H18ClNO3S2. The van der Waals surface area contributed by atoms with E-state index in [2.05, 4.69) is 5.32 Å². The lowest BCUT2D eigenvalue weighted by Crippen LogP contribution is -2.16. The van der Waals surface area contributed by atoms with Crippen molar-refractivity contribution >= 4 is 61.2 Å². The van der Waals surface area contributed by atoms with Gasteiger partial charge in [0.2, 0.25) is 0 Å². The topological polar surface area (TPSA) is 55.4 Å². The van der Waals surface area contributed by atoms with Gasteiger partial charge in [-0.2, -0.15) is 0 Å². The van der Waals surface area contributed by atoms with Gasteiger partial charge in [-0.05, 0) is 39.3 Å². The van der Waals surface area contributed by atoms with E-state index in [-0.39, 0.29) is 12.0 Å². The number of esters is 1. The average Bonchev–Trinajstić information content (AvgIpc) is 3.05. The molecule has 7 heteroatoms. The first-order valence-corrected chi connectivity index (χ1v) is 10.1. The molecule has 0 radical (unpaired) electrons. The van der Waals surface area contributed by atoms with Crippen molar-refractivity contribution in [2.45, 2.75) is 33.8 Å². The van der Waals surface area contributed by atoms with Crippen molar-refractivity contribution < 1.29 is 14.3 Å². The molecule has 0 fully saturated rings. The molecule has 1 amide bonds. The summed E-state index contributed by atoms with van der Waals surface area (Å²) in [6.45, 7) is 7.35. The summed E-state index contributed by atoms with van der Waals surface area (Å²) in [6.07, 6.45) is -0.234. The molecule has 0 saturated heterocycles. The molecule has 0 spiro atoms. The Balaban J connectivity index is 1.95. The molecule has 2 aromatic heterocycles. The number of nitrogens with one attached hydrogen (secondary N) is 1. The Kier molecular flexibility index (Phi) is 5.37. The third-order valence-corrected chi connectivity index (χ3v) is 6.70. The van der Waals surface area contributed by atoms with Gasteiger partial charge < -0.3 is 10.1 Å². The SMILES string of the molecule is Cc1sc(NC(=O)c2sc3ccccc3c2Cl)c(C(=O)OC(C)C)c1C. The van der Waals surface area contributed by atoms with Crippen LogP contribution in [-0.2, 0) is 4.74 Å². The minimum Gasteiger partial charge on any atom is -0.459 e. The first kappa shape index (κ1) is 18.9. The number of hydrogen-bond acceptors (Lipinski definition) is 5. The zero-order chi connectivity index (χ0) is 19.0. The van der Waals surface area contributed by atoms with Crippen LogP contribution in [0, 0.1) is 13.8 Å². The van der Waals surface area contributed by atoms with Crippen LogP contribution < -0.4 is 5.32 Å². The fourth-order valence-electron chi connectivity index (χ4n) is 2.55. The zero-order valence-corrected chi connectivity index (χ0v) is 17.2. The highest BCUT2D eigenvalue weighted by Gasteiger charge is 2.25. The molecule has 0 aliphatic heterocycles. The van der Waals surface area contributed by atoms with Gasteiger partial charge in [0.15, 0.2) is 0 Å². The van der Waals surface area contributed by atoms with E-state index in [0.717, 1.165) is 20.5 Å². The van der Waals surface area contributed by atoms with Gasteiger partial charge in [-0.3, -0.25) is 4.79 Å². The summed E-state index contributed by atoms with van der Waals surface area (Å²) in [5.41, 5.74) is 1.23. The Morgan fingerprint density at radius 1 is 1.15 bits per heavy atom. The number of aryl methyl sites for hydroxylation is 1. The molecule has 3 aromatic rings. The maximum absolute atomic E-state index is 12.8. The zero-order valence-electron chi connectivity index (χ0n) is 14.8. The quantitative estimate of drug-likeness (QED) is 0.535. The van der Waals surface area contributed by atoms with Crippen molar-refractivity contribution in [2.24, 2.45) is 0 Å². The van der Waals surface area contributed by atoms with Gasteiger partial charge in [0.1, 0.15) is 9.88 Å². The molecular weight excluding hydrogens is 390 g/mol. The third kappa shape index (κ3) is 3.49. The van der Waals surface area contributed by atoms with Crippen molar-refractivity contribution in [3.05, 3.63) is 50.2 Å². The Labute approximate surface area is 164 Å². The van der Waals surface area contributed by atoms with Crippen molar-refractivity contribution in [3.63, 3.8) is 0 Å². The minimum atomic E-state index is -0.431. The van der Waals surface area contributed by atoms with Gasteiger partial charge in [0.25, 0.3) is 5.91 Å². The molecule has 3 rings (SSSR count). The summed E-state index contributed by atoms with van der Waals surface area (Å²) < 4.78 is 6.27. The number of rotatable bonds is 4. The van der Waals surface area contributed by atoms with Crippen LogP contribution in [0.1, 0.15) is 44.3 Å². The molecule has 0 bridgehead atoms. The van der Waals surface area contributed by atoms with E-state index in [1.165, 1.54) is 22.7 Å². The van der Waals surface area contributed by atoms with E-state index in [4.69, 9.17) is 16.3 Å². The van der Waals surface area contributed by atoms with Crippen LogP contribution in [0.3, 0.4) is 0 Å². The monoisotopic (exact) mass is 407 g/mol. The minimum absolute atomic E-state index is 0.234. The van der Waals surface area contributed by atoms with Crippen LogP contribution in [0.25, 0.3) is 10.1 Å². The predicted octanol–water partition coefficient (Wildman–Crippen LogP) is 6.05. The number of fused-ring (bicyclic) bond motifs is 1. The molecule has 0 saturated carbocycles. The molecule has 4 nitrogen and oxygen atoms in total. The van der Waals surface area contributed by atoms with E-state index >= 15 is 0 Å². The Bertz CT molecular complexity index is 1000. The number of carbonyl (C=O) groups is 2. The first-order chi connectivity index (χ1) is 12.3. The fraction of sp³-hybridized carbons (Fsp3) is 0.263. The summed E-state index contributed by atoms with van der Waals surface area (Å²) in [7, 11) is 0. The fourth-order valence-corrected chi connectivity index (χ4v) is 5.01. The third-order valence-electron chi connectivity index (χ3n) is 3.90. The van der Waals surface area contributed by atoms with Crippen molar-refractivity contribution in [1.82, 2.24) is 0 Å². The molecule has 0 aliphatic carbocycles. The smallest absolute Gasteiger partial charge is 0.341 e. The standard InChI is InChI=1S/C19H18ClNO3S2/c1-9(2)24-19(23)14-10(3)11(4)25-18(14)21-17(22)16-15(20)12-7-5-6-8-13(12)26-16/h5-9H,1-4H3,(H,21,22). The van der Waals surface area contributed by atoms with Crippen LogP contribution in [-0.4, -0.2) is 18.0 Å². The predicted molar refractivity (Wildman–Crippen MR) is 109 cm³/mol. The number of ether oxygens (including phenoxy) is 1. The number of benzene rings is 1. The Morgan fingerprint density at radius 2 is 1.85 bits per heavy atom. The number of carbonyl (C=O) groups excluding carboxylic acids is 2. The van der Waals surface area contributed by atoms with Crippen molar-refractivity contribution in [2.75, 3.05) is 5.32 Å². The van der Waals surface area contributed by atoms with E-state index in [1.54, 1.807) is 13.8 Å². The highest BCUT2D eigenvalue weighted by molar-refractivity contribution is 7.22. The van der Waals surface area contributed by atoms with Gasteiger partial charge in [-0.25, -0.2) is 4.79 Å². The number of hydrogen-bond donors (Lipinski definition) is 1. The van der Waals surface area contributed by atoms with E-state index in [9.17, 15) is 9.59 Å². The highest BCUT2D eigenvalue weighted by atomic mass is 35.5. The molecule has 1 N–H and O–H groups in total. The lowest BCUT2D eigenvalue weighted by Gasteiger charge is -2.10. The van der Waals surface area contributed by atoms with Crippen LogP contribution in [0.4, 0.5) is 5.00 Å². The number of anilines is 1. The normalized spacial score (nSPS) is 11.2. The van der Waals surface area contributed by atoms with Crippen LogP contribution in [0.5, 0.6) is 0 Å². The van der Waals surface area contributed by atoms with Gasteiger partial charge in [-0.15, -0.1) is 22.7 Å². The van der Waals surface area contributed by atoms with Gasteiger partial charge >= 0.3 is 5.97 Å². The lowest BCUT2D eigenvalue weighted by molar-refractivity contribution is 0.0379.